The normalized spacial score (nSPS) is 17.9. The van der Waals surface area contributed by atoms with E-state index in [4.69, 9.17) is 14.3 Å². The van der Waals surface area contributed by atoms with Crippen molar-refractivity contribution < 1.29 is 23.5 Å². The quantitative estimate of drug-likeness (QED) is 0.350. The van der Waals surface area contributed by atoms with Gasteiger partial charge in [-0.15, -0.1) is 11.3 Å². The maximum atomic E-state index is 14.4. The number of fused-ring (bicyclic) bond motifs is 1. The van der Waals surface area contributed by atoms with Gasteiger partial charge in [0.25, 0.3) is 5.91 Å². The summed E-state index contributed by atoms with van der Waals surface area (Å²) in [6.45, 7) is 4.17. The summed E-state index contributed by atoms with van der Waals surface area (Å²) in [5, 5.41) is 3.77. The second-order valence-corrected chi connectivity index (χ2v) is 9.42. The van der Waals surface area contributed by atoms with E-state index in [-0.39, 0.29) is 18.4 Å². The van der Waals surface area contributed by atoms with Gasteiger partial charge in [-0.1, -0.05) is 0 Å². The van der Waals surface area contributed by atoms with Crippen molar-refractivity contribution in [1.82, 2.24) is 10.5 Å². The molecule has 0 aliphatic carbocycles. The summed E-state index contributed by atoms with van der Waals surface area (Å²) in [5.41, 5.74) is 3.19. The van der Waals surface area contributed by atoms with Crippen LogP contribution < -0.4 is 10.8 Å². The molecule has 0 spiro atoms. The van der Waals surface area contributed by atoms with Gasteiger partial charge in [0.15, 0.2) is 5.79 Å². The Morgan fingerprint density at radius 1 is 1.43 bits per heavy atom. The zero-order valence-electron chi connectivity index (χ0n) is 16.2. The van der Waals surface area contributed by atoms with Crippen LogP contribution in [0.3, 0.4) is 0 Å². The number of ether oxygens (including phenoxy) is 2. The van der Waals surface area contributed by atoms with Gasteiger partial charge in [-0.3, -0.25) is 14.6 Å². The molecule has 1 fully saturated rings. The third-order valence-corrected chi connectivity index (χ3v) is 6.23. The summed E-state index contributed by atoms with van der Waals surface area (Å²) in [6, 6.07) is 6.64. The molecule has 158 valence electrons. The van der Waals surface area contributed by atoms with Gasteiger partial charge >= 0.3 is 0 Å². The lowest BCUT2D eigenvalue weighted by Crippen LogP contribution is -2.30. The Bertz CT molecular complexity index is 1090. The molecule has 2 N–H and O–H groups in total. The third kappa shape index (κ3) is 4.72. The monoisotopic (exact) mass is 543 g/mol. The fraction of sp³-hybridized carbons (Fsp3) is 0.300. The Morgan fingerprint density at radius 2 is 2.27 bits per heavy atom. The standard InChI is InChI=1S/C20H19FIN3O4S/c1-20(2)27-9-12(29-20)10-28-25-19(26)18-17(13-8-23-6-5-16(13)30-18)24-15-4-3-11(22)7-14(15)21/h3-8,12,24H,9-10H2,1-2H3,(H,25,26)/t12-/m1/s1. The summed E-state index contributed by atoms with van der Waals surface area (Å²) in [6.07, 6.45) is 3.01. The van der Waals surface area contributed by atoms with Crippen molar-refractivity contribution in [3.63, 3.8) is 0 Å². The van der Waals surface area contributed by atoms with Crippen LogP contribution >= 0.6 is 33.9 Å². The largest absolute Gasteiger partial charge is 0.351 e. The van der Waals surface area contributed by atoms with Crippen molar-refractivity contribution in [3.8, 4) is 0 Å². The minimum absolute atomic E-state index is 0.149. The van der Waals surface area contributed by atoms with Crippen molar-refractivity contribution in [3.05, 3.63) is 50.9 Å². The van der Waals surface area contributed by atoms with Gasteiger partial charge in [-0.25, -0.2) is 9.87 Å². The smallest absolute Gasteiger partial charge is 0.287 e. The number of rotatable bonds is 6. The number of halogens is 2. The highest BCUT2D eigenvalue weighted by atomic mass is 127. The van der Waals surface area contributed by atoms with Gasteiger partial charge in [0.05, 0.1) is 18.0 Å². The number of aromatic nitrogens is 1. The van der Waals surface area contributed by atoms with Gasteiger partial charge in [0, 0.05) is 26.1 Å². The number of hydrogen-bond donors (Lipinski definition) is 2. The van der Waals surface area contributed by atoms with Crippen molar-refractivity contribution in [1.29, 1.82) is 0 Å². The molecule has 1 saturated heterocycles. The minimum atomic E-state index is -0.662. The van der Waals surface area contributed by atoms with E-state index in [1.54, 1.807) is 30.6 Å². The molecule has 0 radical (unpaired) electrons. The van der Waals surface area contributed by atoms with Crippen LogP contribution in [0.5, 0.6) is 0 Å². The van der Waals surface area contributed by atoms with E-state index in [9.17, 15) is 9.18 Å². The van der Waals surface area contributed by atoms with E-state index in [2.05, 4.69) is 15.8 Å². The SMILES string of the molecule is CC1(C)OC[C@H](CONC(=O)c2sc3ccncc3c2Nc2ccc(I)cc2F)O1. The number of nitrogens with one attached hydrogen (secondary N) is 2. The molecule has 3 heterocycles. The number of thiophene rings is 1. The number of hydroxylamine groups is 1. The molecule has 7 nitrogen and oxygen atoms in total. The Labute approximate surface area is 190 Å². The summed E-state index contributed by atoms with van der Waals surface area (Å²) < 4.78 is 27.1. The molecule has 3 aromatic rings. The molecule has 4 rings (SSSR count). The van der Waals surface area contributed by atoms with E-state index >= 15 is 0 Å². The zero-order valence-corrected chi connectivity index (χ0v) is 19.2. The number of pyridine rings is 1. The summed E-state index contributed by atoms with van der Waals surface area (Å²) in [4.78, 5) is 22.7. The fourth-order valence-electron chi connectivity index (χ4n) is 3.04. The predicted octanol–water partition coefficient (Wildman–Crippen LogP) is 4.60. The zero-order chi connectivity index (χ0) is 21.3. The molecule has 0 unspecified atom stereocenters. The number of nitrogens with zero attached hydrogens (tertiary/aromatic N) is 1. The Balaban J connectivity index is 1.53. The highest BCUT2D eigenvalue weighted by Crippen LogP contribution is 2.37. The third-order valence-electron chi connectivity index (χ3n) is 4.39. The van der Waals surface area contributed by atoms with Crippen molar-refractivity contribution in [2.75, 3.05) is 18.5 Å². The van der Waals surface area contributed by atoms with Crippen LogP contribution in [0, 0.1) is 9.39 Å². The highest BCUT2D eigenvalue weighted by molar-refractivity contribution is 14.1. The number of anilines is 2. The van der Waals surface area contributed by atoms with Crippen LogP contribution in [-0.4, -0.2) is 36.0 Å². The summed E-state index contributed by atoms with van der Waals surface area (Å²) in [7, 11) is 0. The topological polar surface area (TPSA) is 81.7 Å². The second-order valence-electron chi connectivity index (χ2n) is 7.12. The molecule has 2 aromatic heterocycles. The molecule has 1 aromatic carbocycles. The van der Waals surface area contributed by atoms with Gasteiger partial charge < -0.3 is 14.8 Å². The maximum Gasteiger partial charge on any atom is 0.287 e. The van der Waals surface area contributed by atoms with E-state index in [1.165, 1.54) is 17.4 Å². The van der Waals surface area contributed by atoms with Crippen LogP contribution in [0.15, 0.2) is 36.7 Å². The predicted molar refractivity (Wildman–Crippen MR) is 120 cm³/mol. The molecule has 1 aliphatic heterocycles. The molecule has 0 bridgehead atoms. The van der Waals surface area contributed by atoms with E-state index in [0.717, 1.165) is 13.7 Å². The lowest BCUT2D eigenvalue weighted by Gasteiger charge is -2.17. The summed E-state index contributed by atoms with van der Waals surface area (Å²) >= 11 is 3.31. The first kappa shape index (κ1) is 21.4. The first-order valence-electron chi connectivity index (χ1n) is 9.15. The Morgan fingerprint density at radius 3 is 3.00 bits per heavy atom. The van der Waals surface area contributed by atoms with Crippen LogP contribution in [0.25, 0.3) is 10.1 Å². The van der Waals surface area contributed by atoms with Gasteiger partial charge in [0.2, 0.25) is 0 Å². The number of benzene rings is 1. The molecule has 1 amide bonds. The molecular weight excluding hydrogens is 524 g/mol. The van der Waals surface area contributed by atoms with Crippen molar-refractivity contribution in [2.24, 2.45) is 0 Å². The second kappa shape index (κ2) is 8.71. The highest BCUT2D eigenvalue weighted by Gasteiger charge is 2.33. The Kier molecular flexibility index (Phi) is 6.21. The van der Waals surface area contributed by atoms with Crippen molar-refractivity contribution >= 4 is 61.3 Å². The number of hydrogen-bond acceptors (Lipinski definition) is 7. The van der Waals surface area contributed by atoms with E-state index < -0.39 is 17.5 Å². The number of carbonyl (C=O) groups excluding carboxylic acids is 1. The summed E-state index contributed by atoms with van der Waals surface area (Å²) in [5.74, 6) is -1.51. The van der Waals surface area contributed by atoms with Gasteiger partial charge in [-0.05, 0) is 60.7 Å². The van der Waals surface area contributed by atoms with E-state index in [1.807, 2.05) is 36.4 Å². The van der Waals surface area contributed by atoms with Crippen LogP contribution in [0.4, 0.5) is 15.8 Å². The molecule has 0 saturated carbocycles. The van der Waals surface area contributed by atoms with E-state index in [0.29, 0.717) is 17.2 Å². The van der Waals surface area contributed by atoms with Gasteiger partial charge in [0.1, 0.15) is 23.4 Å². The molecule has 1 aliphatic rings. The lowest BCUT2D eigenvalue weighted by atomic mass is 10.2. The molecular formula is C20H19FIN3O4S. The molecule has 1 atom stereocenters. The number of amides is 1. The Hall–Kier alpha value is -1.86. The minimum Gasteiger partial charge on any atom is -0.351 e. The van der Waals surface area contributed by atoms with Crippen LogP contribution in [0.2, 0.25) is 0 Å². The average Bonchev–Trinajstić information content (AvgIpc) is 3.24. The van der Waals surface area contributed by atoms with Crippen LogP contribution in [-0.2, 0) is 14.3 Å². The average molecular weight is 543 g/mol. The maximum absolute atomic E-state index is 14.4. The molecule has 30 heavy (non-hydrogen) atoms. The number of carbonyl (C=O) groups is 1. The van der Waals surface area contributed by atoms with Crippen LogP contribution in [0.1, 0.15) is 23.5 Å². The van der Waals surface area contributed by atoms with Crippen molar-refractivity contribution in [2.45, 2.75) is 25.7 Å². The lowest BCUT2D eigenvalue weighted by molar-refractivity contribution is -0.147. The fourth-order valence-corrected chi connectivity index (χ4v) is 4.51. The first-order valence-corrected chi connectivity index (χ1v) is 11.0. The first-order chi connectivity index (χ1) is 14.3. The molecule has 10 heteroatoms. The van der Waals surface area contributed by atoms with Gasteiger partial charge in [-0.2, -0.15) is 0 Å².